The van der Waals surface area contributed by atoms with Crippen LogP contribution in [0.25, 0.3) is 11.3 Å². The number of pyridine rings is 1. The SMILES string of the molecule is CCC(c1cc(C(C)(C)N)c(F)c(-c2ccc(F)cc2)n1)C1CC1. The van der Waals surface area contributed by atoms with Crippen molar-refractivity contribution < 1.29 is 8.78 Å². The summed E-state index contributed by atoms with van der Waals surface area (Å²) in [5.41, 5.74) is 7.60. The first-order valence-corrected chi connectivity index (χ1v) is 8.57. The first-order valence-electron chi connectivity index (χ1n) is 8.57. The number of benzene rings is 1. The number of nitrogens with two attached hydrogens (primary N) is 1. The molecule has 4 heteroatoms. The molecule has 1 aromatic carbocycles. The second-order valence-corrected chi connectivity index (χ2v) is 7.34. The van der Waals surface area contributed by atoms with Crippen molar-refractivity contribution in [2.45, 2.75) is 51.5 Å². The number of hydrogen-bond donors (Lipinski definition) is 1. The number of halogens is 2. The van der Waals surface area contributed by atoms with E-state index in [1.807, 2.05) is 6.07 Å². The fraction of sp³-hybridized carbons (Fsp3) is 0.450. The highest BCUT2D eigenvalue weighted by Crippen LogP contribution is 2.45. The van der Waals surface area contributed by atoms with Crippen LogP contribution < -0.4 is 5.73 Å². The van der Waals surface area contributed by atoms with E-state index in [-0.39, 0.29) is 11.5 Å². The molecular formula is C20H24F2N2. The average molecular weight is 330 g/mol. The van der Waals surface area contributed by atoms with Crippen LogP contribution in [-0.2, 0) is 5.54 Å². The molecule has 24 heavy (non-hydrogen) atoms. The van der Waals surface area contributed by atoms with Gasteiger partial charge in [0.05, 0.1) is 0 Å². The van der Waals surface area contributed by atoms with Gasteiger partial charge in [-0.15, -0.1) is 0 Å². The molecule has 0 spiro atoms. The molecule has 1 aromatic heterocycles. The van der Waals surface area contributed by atoms with Crippen molar-refractivity contribution in [2.75, 3.05) is 0 Å². The Morgan fingerprint density at radius 3 is 2.33 bits per heavy atom. The fourth-order valence-electron chi connectivity index (χ4n) is 3.29. The molecule has 1 heterocycles. The highest BCUT2D eigenvalue weighted by Gasteiger charge is 2.34. The summed E-state index contributed by atoms with van der Waals surface area (Å²) in [6.07, 6.45) is 3.37. The standard InChI is InChI=1S/C20H24F2N2/c1-4-15(12-5-6-12)17-11-16(20(2,3)23)18(22)19(24-17)13-7-9-14(21)10-8-13/h7-12,15H,4-6,23H2,1-3H3. The van der Waals surface area contributed by atoms with E-state index in [4.69, 9.17) is 5.73 Å². The number of nitrogens with zero attached hydrogens (tertiary/aromatic N) is 1. The van der Waals surface area contributed by atoms with Gasteiger partial charge in [0.1, 0.15) is 11.5 Å². The molecule has 1 saturated carbocycles. The molecule has 2 nitrogen and oxygen atoms in total. The van der Waals surface area contributed by atoms with Crippen molar-refractivity contribution >= 4 is 0 Å². The minimum Gasteiger partial charge on any atom is -0.322 e. The smallest absolute Gasteiger partial charge is 0.154 e. The van der Waals surface area contributed by atoms with Gasteiger partial charge < -0.3 is 5.73 Å². The molecule has 1 fully saturated rings. The quantitative estimate of drug-likeness (QED) is 0.826. The van der Waals surface area contributed by atoms with Crippen molar-refractivity contribution in [3.63, 3.8) is 0 Å². The van der Waals surface area contributed by atoms with E-state index in [1.54, 1.807) is 26.0 Å². The lowest BCUT2D eigenvalue weighted by Crippen LogP contribution is -2.31. The maximum atomic E-state index is 15.1. The van der Waals surface area contributed by atoms with Gasteiger partial charge in [-0.05, 0) is 69.4 Å². The van der Waals surface area contributed by atoms with Crippen LogP contribution in [0.3, 0.4) is 0 Å². The van der Waals surface area contributed by atoms with E-state index in [9.17, 15) is 4.39 Å². The van der Waals surface area contributed by atoms with Crippen LogP contribution in [0.4, 0.5) is 8.78 Å². The van der Waals surface area contributed by atoms with Crippen molar-refractivity contribution in [3.05, 3.63) is 53.2 Å². The molecule has 0 saturated heterocycles. The summed E-state index contributed by atoms with van der Waals surface area (Å²) in [6, 6.07) is 7.61. The molecule has 1 aliphatic carbocycles. The predicted octanol–water partition coefficient (Wildman–Crippen LogP) is 5.12. The molecule has 2 aromatic rings. The van der Waals surface area contributed by atoms with Crippen LogP contribution >= 0.6 is 0 Å². The Morgan fingerprint density at radius 1 is 1.21 bits per heavy atom. The molecule has 2 N–H and O–H groups in total. The normalized spacial score (nSPS) is 16.2. The lowest BCUT2D eigenvalue weighted by Gasteiger charge is -2.24. The van der Waals surface area contributed by atoms with Crippen LogP contribution in [0, 0.1) is 17.6 Å². The molecule has 0 amide bonds. The van der Waals surface area contributed by atoms with Gasteiger partial charge in [0, 0.05) is 28.3 Å². The Kier molecular flexibility index (Phi) is 4.43. The minimum absolute atomic E-state index is 0.264. The number of hydrogen-bond acceptors (Lipinski definition) is 2. The third kappa shape index (κ3) is 3.34. The van der Waals surface area contributed by atoms with Crippen molar-refractivity contribution in [2.24, 2.45) is 11.7 Å². The first kappa shape index (κ1) is 17.0. The van der Waals surface area contributed by atoms with E-state index in [0.717, 1.165) is 12.1 Å². The second-order valence-electron chi connectivity index (χ2n) is 7.34. The molecular weight excluding hydrogens is 306 g/mol. The van der Waals surface area contributed by atoms with Crippen LogP contribution in [0.5, 0.6) is 0 Å². The predicted molar refractivity (Wildman–Crippen MR) is 92.6 cm³/mol. The van der Waals surface area contributed by atoms with Gasteiger partial charge in [0.15, 0.2) is 5.82 Å². The summed E-state index contributed by atoms with van der Waals surface area (Å²) in [4.78, 5) is 4.63. The van der Waals surface area contributed by atoms with Crippen molar-refractivity contribution in [1.82, 2.24) is 4.98 Å². The zero-order valence-electron chi connectivity index (χ0n) is 14.4. The third-order valence-electron chi connectivity index (χ3n) is 4.80. The average Bonchev–Trinajstić information content (AvgIpc) is 3.34. The largest absolute Gasteiger partial charge is 0.322 e. The van der Waals surface area contributed by atoms with Gasteiger partial charge in [-0.3, -0.25) is 0 Å². The molecule has 128 valence electrons. The molecule has 0 bridgehead atoms. The highest BCUT2D eigenvalue weighted by molar-refractivity contribution is 5.61. The summed E-state index contributed by atoms with van der Waals surface area (Å²) in [5.74, 6) is 0.191. The molecule has 3 rings (SSSR count). The monoisotopic (exact) mass is 330 g/mol. The Balaban J connectivity index is 2.17. The Bertz CT molecular complexity index is 729. The fourth-order valence-corrected chi connectivity index (χ4v) is 3.29. The van der Waals surface area contributed by atoms with Crippen LogP contribution in [0.15, 0.2) is 30.3 Å². The van der Waals surface area contributed by atoms with Crippen LogP contribution in [-0.4, -0.2) is 4.98 Å². The molecule has 1 atom stereocenters. The van der Waals surface area contributed by atoms with Gasteiger partial charge >= 0.3 is 0 Å². The second kappa shape index (κ2) is 6.25. The molecule has 1 unspecified atom stereocenters. The van der Waals surface area contributed by atoms with Crippen LogP contribution in [0.2, 0.25) is 0 Å². The lowest BCUT2D eigenvalue weighted by molar-refractivity contribution is 0.492. The summed E-state index contributed by atoms with van der Waals surface area (Å²) in [5, 5.41) is 0. The van der Waals surface area contributed by atoms with E-state index >= 15 is 4.39 Å². The molecule has 0 radical (unpaired) electrons. The first-order chi connectivity index (χ1) is 11.3. The Morgan fingerprint density at radius 2 is 1.83 bits per heavy atom. The zero-order chi connectivity index (χ0) is 17.5. The van der Waals surface area contributed by atoms with Crippen molar-refractivity contribution in [1.29, 1.82) is 0 Å². The number of rotatable bonds is 5. The van der Waals surface area contributed by atoms with Gasteiger partial charge in [0.2, 0.25) is 0 Å². The summed E-state index contributed by atoms with van der Waals surface area (Å²) < 4.78 is 28.3. The zero-order valence-corrected chi connectivity index (χ0v) is 14.4. The summed E-state index contributed by atoms with van der Waals surface area (Å²) in [6.45, 7) is 5.72. The van der Waals surface area contributed by atoms with Crippen LogP contribution in [0.1, 0.15) is 57.2 Å². The maximum absolute atomic E-state index is 15.1. The van der Waals surface area contributed by atoms with Gasteiger partial charge in [-0.25, -0.2) is 13.8 Å². The van der Waals surface area contributed by atoms with E-state index in [0.29, 0.717) is 23.0 Å². The topological polar surface area (TPSA) is 38.9 Å². The maximum Gasteiger partial charge on any atom is 0.154 e. The van der Waals surface area contributed by atoms with Gasteiger partial charge in [-0.2, -0.15) is 0 Å². The minimum atomic E-state index is -0.807. The molecule has 1 aliphatic rings. The lowest BCUT2D eigenvalue weighted by atomic mass is 9.88. The Labute approximate surface area is 142 Å². The Hall–Kier alpha value is -1.81. The number of aromatic nitrogens is 1. The van der Waals surface area contributed by atoms with E-state index in [2.05, 4.69) is 11.9 Å². The highest BCUT2D eigenvalue weighted by atomic mass is 19.1. The van der Waals surface area contributed by atoms with Gasteiger partial charge in [0.25, 0.3) is 0 Å². The molecule has 0 aliphatic heterocycles. The third-order valence-corrected chi connectivity index (χ3v) is 4.80. The summed E-state index contributed by atoms with van der Waals surface area (Å²) >= 11 is 0. The summed E-state index contributed by atoms with van der Waals surface area (Å²) in [7, 11) is 0. The van der Waals surface area contributed by atoms with Crippen molar-refractivity contribution in [3.8, 4) is 11.3 Å². The van der Waals surface area contributed by atoms with E-state index < -0.39 is 11.4 Å². The van der Waals surface area contributed by atoms with Gasteiger partial charge in [-0.1, -0.05) is 6.92 Å². The van der Waals surface area contributed by atoms with E-state index in [1.165, 1.54) is 25.0 Å².